The van der Waals surface area contributed by atoms with Crippen molar-refractivity contribution in [3.8, 4) is 0 Å². The van der Waals surface area contributed by atoms with Crippen LogP contribution in [-0.4, -0.2) is 22.5 Å². The van der Waals surface area contributed by atoms with Gasteiger partial charge in [-0.05, 0) is 30.5 Å². The molecule has 0 aliphatic heterocycles. The van der Waals surface area contributed by atoms with Crippen LogP contribution in [0.4, 0.5) is 0 Å². The van der Waals surface area contributed by atoms with Gasteiger partial charge >= 0.3 is 5.97 Å². The Morgan fingerprint density at radius 1 is 1.36 bits per heavy atom. The second kappa shape index (κ2) is 5.01. The predicted octanol–water partition coefficient (Wildman–Crippen LogP) is 1.78. The molecule has 0 amide bonds. The third-order valence-corrected chi connectivity index (χ3v) is 1.84. The van der Waals surface area contributed by atoms with E-state index in [1.807, 2.05) is 0 Å². The number of aryl methyl sites for hydroxylation is 1. The molecule has 0 bridgehead atoms. The first-order valence-electron chi connectivity index (χ1n) is 4.22. The zero-order chi connectivity index (χ0) is 10.4. The fraction of sp³-hybridized carbons (Fsp3) is 0.200. The SMILES string of the molecule is O=C(O)c1ccc(CCC=NO)cc1. The molecule has 74 valence electrons. The maximum atomic E-state index is 10.5. The van der Waals surface area contributed by atoms with E-state index in [0.29, 0.717) is 6.42 Å². The molecule has 14 heavy (non-hydrogen) atoms. The molecule has 0 aliphatic rings. The van der Waals surface area contributed by atoms with Gasteiger partial charge in [-0.2, -0.15) is 0 Å². The van der Waals surface area contributed by atoms with Gasteiger partial charge in [-0.25, -0.2) is 4.79 Å². The van der Waals surface area contributed by atoms with Gasteiger partial charge < -0.3 is 10.3 Å². The molecule has 0 saturated heterocycles. The molecule has 0 heterocycles. The summed E-state index contributed by atoms with van der Waals surface area (Å²) in [6.45, 7) is 0. The van der Waals surface area contributed by atoms with E-state index in [2.05, 4.69) is 5.16 Å². The summed E-state index contributed by atoms with van der Waals surface area (Å²) in [5, 5.41) is 19.7. The summed E-state index contributed by atoms with van der Waals surface area (Å²) in [7, 11) is 0. The summed E-state index contributed by atoms with van der Waals surface area (Å²) < 4.78 is 0. The van der Waals surface area contributed by atoms with Crippen LogP contribution in [-0.2, 0) is 6.42 Å². The number of carboxylic acid groups (broad SMARTS) is 1. The minimum absolute atomic E-state index is 0.282. The van der Waals surface area contributed by atoms with Gasteiger partial charge in [0, 0.05) is 6.21 Å². The fourth-order valence-corrected chi connectivity index (χ4v) is 1.10. The molecule has 4 nitrogen and oxygen atoms in total. The first kappa shape index (κ1) is 10.2. The van der Waals surface area contributed by atoms with Gasteiger partial charge in [0.1, 0.15) is 0 Å². The number of oxime groups is 1. The minimum Gasteiger partial charge on any atom is -0.478 e. The predicted molar refractivity (Wildman–Crippen MR) is 52.0 cm³/mol. The zero-order valence-corrected chi connectivity index (χ0v) is 7.55. The molecule has 2 N–H and O–H groups in total. The van der Waals surface area contributed by atoms with E-state index < -0.39 is 5.97 Å². The molecule has 0 saturated carbocycles. The first-order valence-corrected chi connectivity index (χ1v) is 4.22. The van der Waals surface area contributed by atoms with Gasteiger partial charge in [-0.15, -0.1) is 5.16 Å². The number of benzene rings is 1. The van der Waals surface area contributed by atoms with E-state index >= 15 is 0 Å². The standard InChI is InChI=1S/C10H11NO3/c12-10(13)9-5-3-8(4-6-9)2-1-7-11-14/h3-7,14H,1-2H2,(H,12,13). The molecule has 0 fully saturated rings. The number of rotatable bonds is 4. The van der Waals surface area contributed by atoms with Crippen LogP contribution in [0.2, 0.25) is 0 Å². The van der Waals surface area contributed by atoms with Crippen LogP contribution in [0.5, 0.6) is 0 Å². The lowest BCUT2D eigenvalue weighted by molar-refractivity contribution is 0.0697. The lowest BCUT2D eigenvalue weighted by Crippen LogP contribution is -1.96. The van der Waals surface area contributed by atoms with E-state index in [1.54, 1.807) is 24.3 Å². The number of carboxylic acids is 1. The number of hydrogen-bond acceptors (Lipinski definition) is 3. The van der Waals surface area contributed by atoms with E-state index in [9.17, 15) is 4.79 Å². The highest BCUT2D eigenvalue weighted by atomic mass is 16.4. The van der Waals surface area contributed by atoms with Crippen molar-refractivity contribution in [1.29, 1.82) is 0 Å². The molecular weight excluding hydrogens is 182 g/mol. The van der Waals surface area contributed by atoms with Crippen molar-refractivity contribution in [3.05, 3.63) is 35.4 Å². The Morgan fingerprint density at radius 2 is 2.00 bits per heavy atom. The van der Waals surface area contributed by atoms with Crippen LogP contribution in [0.15, 0.2) is 29.4 Å². The van der Waals surface area contributed by atoms with Crippen LogP contribution in [0.1, 0.15) is 22.3 Å². The number of carbonyl (C=O) groups is 1. The van der Waals surface area contributed by atoms with Crippen LogP contribution in [0.25, 0.3) is 0 Å². The Morgan fingerprint density at radius 3 is 2.50 bits per heavy atom. The Labute approximate surface area is 81.5 Å². The Balaban J connectivity index is 2.59. The maximum absolute atomic E-state index is 10.5. The number of nitrogens with zero attached hydrogens (tertiary/aromatic N) is 1. The highest BCUT2D eigenvalue weighted by Crippen LogP contribution is 2.06. The highest BCUT2D eigenvalue weighted by Gasteiger charge is 2.00. The quantitative estimate of drug-likeness (QED) is 0.435. The molecule has 0 radical (unpaired) electrons. The van der Waals surface area contributed by atoms with E-state index in [4.69, 9.17) is 10.3 Å². The van der Waals surface area contributed by atoms with Crippen molar-refractivity contribution in [3.63, 3.8) is 0 Å². The average molecular weight is 193 g/mol. The van der Waals surface area contributed by atoms with Crippen molar-refractivity contribution >= 4 is 12.2 Å². The van der Waals surface area contributed by atoms with Gasteiger partial charge in [0.2, 0.25) is 0 Å². The molecule has 0 aliphatic carbocycles. The Hall–Kier alpha value is -1.84. The molecule has 0 unspecified atom stereocenters. The first-order chi connectivity index (χ1) is 6.74. The molecular formula is C10H11NO3. The largest absolute Gasteiger partial charge is 0.478 e. The highest BCUT2D eigenvalue weighted by molar-refractivity contribution is 5.87. The van der Waals surface area contributed by atoms with Crippen molar-refractivity contribution in [2.24, 2.45) is 5.16 Å². The monoisotopic (exact) mass is 193 g/mol. The average Bonchev–Trinajstić information content (AvgIpc) is 2.19. The van der Waals surface area contributed by atoms with E-state index in [-0.39, 0.29) is 5.56 Å². The van der Waals surface area contributed by atoms with Crippen molar-refractivity contribution in [2.75, 3.05) is 0 Å². The molecule has 0 aromatic heterocycles. The summed E-state index contributed by atoms with van der Waals surface area (Å²) in [6, 6.07) is 6.64. The van der Waals surface area contributed by atoms with Crippen LogP contribution < -0.4 is 0 Å². The zero-order valence-electron chi connectivity index (χ0n) is 7.55. The van der Waals surface area contributed by atoms with Crippen LogP contribution >= 0.6 is 0 Å². The second-order valence-electron chi connectivity index (χ2n) is 2.84. The summed E-state index contributed by atoms with van der Waals surface area (Å²) in [4.78, 5) is 10.5. The Bertz CT molecular complexity index is 330. The van der Waals surface area contributed by atoms with Crippen LogP contribution in [0.3, 0.4) is 0 Å². The molecule has 0 atom stereocenters. The third-order valence-electron chi connectivity index (χ3n) is 1.84. The van der Waals surface area contributed by atoms with Gasteiger partial charge in [0.15, 0.2) is 0 Å². The lowest BCUT2D eigenvalue weighted by Gasteiger charge is -1.98. The molecule has 0 spiro atoms. The molecule has 1 aromatic carbocycles. The van der Waals surface area contributed by atoms with Crippen molar-refractivity contribution < 1.29 is 15.1 Å². The van der Waals surface area contributed by atoms with Gasteiger partial charge in [0.25, 0.3) is 0 Å². The van der Waals surface area contributed by atoms with Crippen LogP contribution in [0, 0.1) is 0 Å². The Kier molecular flexibility index (Phi) is 3.67. The van der Waals surface area contributed by atoms with E-state index in [1.165, 1.54) is 6.21 Å². The number of hydrogen-bond donors (Lipinski definition) is 2. The summed E-state index contributed by atoms with van der Waals surface area (Å²) >= 11 is 0. The van der Waals surface area contributed by atoms with Gasteiger partial charge in [-0.1, -0.05) is 12.1 Å². The number of aromatic carboxylic acids is 1. The minimum atomic E-state index is -0.923. The topological polar surface area (TPSA) is 69.9 Å². The van der Waals surface area contributed by atoms with Gasteiger partial charge in [-0.3, -0.25) is 0 Å². The van der Waals surface area contributed by atoms with Gasteiger partial charge in [0.05, 0.1) is 5.56 Å². The molecule has 4 heteroatoms. The second-order valence-corrected chi connectivity index (χ2v) is 2.84. The summed E-state index contributed by atoms with van der Waals surface area (Å²) in [5.74, 6) is -0.923. The fourth-order valence-electron chi connectivity index (χ4n) is 1.10. The molecule has 1 aromatic rings. The third kappa shape index (κ3) is 2.90. The maximum Gasteiger partial charge on any atom is 0.335 e. The summed E-state index contributed by atoms with van der Waals surface area (Å²) in [5.41, 5.74) is 1.31. The summed E-state index contributed by atoms with van der Waals surface area (Å²) in [6.07, 6.45) is 2.79. The normalized spacial score (nSPS) is 10.6. The smallest absolute Gasteiger partial charge is 0.335 e. The van der Waals surface area contributed by atoms with Crippen molar-refractivity contribution in [1.82, 2.24) is 0 Å². The van der Waals surface area contributed by atoms with Crippen molar-refractivity contribution in [2.45, 2.75) is 12.8 Å². The lowest BCUT2D eigenvalue weighted by atomic mass is 10.1. The molecule has 1 rings (SSSR count). The van der Waals surface area contributed by atoms with E-state index in [0.717, 1.165) is 12.0 Å².